The zero-order valence-electron chi connectivity index (χ0n) is 7.62. The molecule has 0 saturated heterocycles. The van der Waals surface area contributed by atoms with Crippen molar-refractivity contribution in [1.82, 2.24) is 0 Å². The van der Waals surface area contributed by atoms with Crippen molar-refractivity contribution in [3.05, 3.63) is 34.4 Å². The molecule has 0 heterocycles. The van der Waals surface area contributed by atoms with Crippen LogP contribution in [0.1, 0.15) is 11.1 Å². The maximum atomic E-state index is 10.3. The molecule has 1 aromatic carbocycles. The Labute approximate surface area is 86.8 Å². The van der Waals surface area contributed by atoms with Gasteiger partial charge in [-0.2, -0.15) is 0 Å². The van der Waals surface area contributed by atoms with E-state index in [0.29, 0.717) is 16.3 Å². The summed E-state index contributed by atoms with van der Waals surface area (Å²) in [5.41, 5.74) is 7.75. The third-order valence-electron chi connectivity index (χ3n) is 1.79. The van der Waals surface area contributed by atoms with E-state index in [4.69, 9.17) is 22.4 Å². The van der Waals surface area contributed by atoms with Crippen molar-refractivity contribution in [1.29, 1.82) is 0 Å². The molecule has 0 aliphatic heterocycles. The van der Waals surface area contributed by atoms with Crippen LogP contribution in [0.2, 0.25) is 5.02 Å². The minimum Gasteiger partial charge on any atom is -0.478 e. The van der Waals surface area contributed by atoms with Gasteiger partial charge in [-0.25, -0.2) is 4.79 Å². The molecule has 14 heavy (non-hydrogen) atoms. The highest BCUT2D eigenvalue weighted by Crippen LogP contribution is 2.23. The van der Waals surface area contributed by atoms with Gasteiger partial charge in [-0.3, -0.25) is 0 Å². The van der Waals surface area contributed by atoms with E-state index in [-0.39, 0.29) is 0 Å². The molecule has 0 radical (unpaired) electrons. The van der Waals surface area contributed by atoms with E-state index in [1.807, 2.05) is 6.92 Å². The van der Waals surface area contributed by atoms with Gasteiger partial charge in [0, 0.05) is 16.8 Å². The van der Waals surface area contributed by atoms with Gasteiger partial charge in [0.05, 0.1) is 0 Å². The summed E-state index contributed by atoms with van der Waals surface area (Å²) in [5, 5.41) is 8.88. The summed E-state index contributed by atoms with van der Waals surface area (Å²) in [7, 11) is 0. The van der Waals surface area contributed by atoms with Gasteiger partial charge in [0.2, 0.25) is 0 Å². The Hall–Kier alpha value is -1.48. The fourth-order valence-electron chi connectivity index (χ4n) is 1.01. The van der Waals surface area contributed by atoms with Gasteiger partial charge in [-0.15, -0.1) is 0 Å². The van der Waals surface area contributed by atoms with Gasteiger partial charge in [0.15, 0.2) is 0 Å². The number of halogens is 1. The normalized spacial score (nSPS) is 10.7. The Morgan fingerprint density at radius 1 is 1.57 bits per heavy atom. The van der Waals surface area contributed by atoms with Crippen LogP contribution in [0.25, 0.3) is 6.08 Å². The van der Waals surface area contributed by atoms with Crippen LogP contribution in [0.5, 0.6) is 0 Å². The number of anilines is 1. The summed E-state index contributed by atoms with van der Waals surface area (Å²) < 4.78 is 0. The third kappa shape index (κ3) is 2.50. The molecule has 3 N–H and O–H groups in total. The van der Waals surface area contributed by atoms with E-state index in [1.54, 1.807) is 12.1 Å². The maximum absolute atomic E-state index is 10.3. The molecule has 0 atom stereocenters. The standard InChI is InChI=1S/C10H10ClNO2/c1-6-4-7(2-3-10(13)14)8(11)5-9(6)12/h2-5H,12H2,1H3,(H,13,14). The number of rotatable bonds is 2. The Balaban J connectivity index is 3.10. The first-order chi connectivity index (χ1) is 6.50. The predicted octanol–water partition coefficient (Wildman–Crippen LogP) is 2.33. The molecule has 3 nitrogen and oxygen atoms in total. The van der Waals surface area contributed by atoms with Gasteiger partial charge < -0.3 is 10.8 Å². The average molecular weight is 212 g/mol. The molecule has 0 aliphatic carbocycles. The van der Waals surface area contributed by atoms with E-state index in [2.05, 4.69) is 0 Å². The molecular weight excluding hydrogens is 202 g/mol. The quantitative estimate of drug-likeness (QED) is 0.583. The first-order valence-corrected chi connectivity index (χ1v) is 4.35. The minimum absolute atomic E-state index is 0.450. The number of hydrogen-bond acceptors (Lipinski definition) is 2. The zero-order chi connectivity index (χ0) is 10.7. The number of aryl methyl sites for hydroxylation is 1. The number of carbonyl (C=O) groups is 1. The summed E-state index contributed by atoms with van der Waals surface area (Å²) in [6.45, 7) is 1.84. The van der Waals surface area contributed by atoms with Crippen molar-refractivity contribution in [2.24, 2.45) is 0 Å². The molecule has 0 unspecified atom stereocenters. The highest BCUT2D eigenvalue weighted by atomic mass is 35.5. The maximum Gasteiger partial charge on any atom is 0.328 e. The summed E-state index contributed by atoms with van der Waals surface area (Å²) in [6.07, 6.45) is 2.48. The van der Waals surface area contributed by atoms with Crippen LogP contribution in [0.15, 0.2) is 18.2 Å². The molecular formula is C10H10ClNO2. The van der Waals surface area contributed by atoms with E-state index in [9.17, 15) is 4.79 Å². The monoisotopic (exact) mass is 211 g/mol. The molecule has 0 aliphatic rings. The van der Waals surface area contributed by atoms with E-state index >= 15 is 0 Å². The van der Waals surface area contributed by atoms with Crippen LogP contribution in [0.4, 0.5) is 5.69 Å². The topological polar surface area (TPSA) is 63.3 Å². The molecule has 0 bridgehead atoms. The number of nitrogen functional groups attached to an aromatic ring is 1. The molecule has 0 aromatic heterocycles. The van der Waals surface area contributed by atoms with Crippen molar-refractivity contribution in [3.8, 4) is 0 Å². The second-order valence-electron chi connectivity index (χ2n) is 2.90. The number of hydrogen-bond donors (Lipinski definition) is 2. The summed E-state index contributed by atoms with van der Waals surface area (Å²) in [6, 6.07) is 3.36. The van der Waals surface area contributed by atoms with E-state index in [1.165, 1.54) is 6.08 Å². The number of nitrogens with two attached hydrogens (primary N) is 1. The van der Waals surface area contributed by atoms with Crippen molar-refractivity contribution < 1.29 is 9.90 Å². The van der Waals surface area contributed by atoms with Crippen LogP contribution in [-0.2, 0) is 4.79 Å². The molecule has 0 saturated carbocycles. The number of carboxylic acid groups (broad SMARTS) is 1. The van der Waals surface area contributed by atoms with Gasteiger partial charge in [-0.05, 0) is 36.3 Å². The van der Waals surface area contributed by atoms with Crippen LogP contribution in [0, 0.1) is 6.92 Å². The SMILES string of the molecule is Cc1cc(C=CC(=O)O)c(Cl)cc1N. The van der Waals surface area contributed by atoms with Gasteiger partial charge in [0.1, 0.15) is 0 Å². The molecule has 74 valence electrons. The Bertz CT molecular complexity index is 399. The predicted molar refractivity (Wildman–Crippen MR) is 57.3 cm³/mol. The third-order valence-corrected chi connectivity index (χ3v) is 2.12. The smallest absolute Gasteiger partial charge is 0.328 e. The van der Waals surface area contributed by atoms with Crippen LogP contribution >= 0.6 is 11.6 Å². The lowest BCUT2D eigenvalue weighted by Crippen LogP contribution is -1.91. The second-order valence-corrected chi connectivity index (χ2v) is 3.31. The number of carboxylic acids is 1. The number of aliphatic carboxylic acids is 1. The molecule has 1 rings (SSSR count). The average Bonchev–Trinajstić information content (AvgIpc) is 2.09. The minimum atomic E-state index is -1.00. The first kappa shape index (κ1) is 10.6. The number of benzene rings is 1. The van der Waals surface area contributed by atoms with Crippen molar-refractivity contribution in [2.45, 2.75) is 6.92 Å². The zero-order valence-corrected chi connectivity index (χ0v) is 8.38. The lowest BCUT2D eigenvalue weighted by molar-refractivity contribution is -0.131. The largest absolute Gasteiger partial charge is 0.478 e. The van der Waals surface area contributed by atoms with Crippen LogP contribution in [-0.4, -0.2) is 11.1 Å². The summed E-state index contributed by atoms with van der Waals surface area (Å²) in [5.74, 6) is -1.00. The van der Waals surface area contributed by atoms with Crippen molar-refractivity contribution in [2.75, 3.05) is 5.73 Å². The fourth-order valence-corrected chi connectivity index (χ4v) is 1.24. The lowest BCUT2D eigenvalue weighted by atomic mass is 10.1. The van der Waals surface area contributed by atoms with E-state index in [0.717, 1.165) is 11.6 Å². The highest BCUT2D eigenvalue weighted by Gasteiger charge is 2.01. The van der Waals surface area contributed by atoms with Crippen molar-refractivity contribution in [3.63, 3.8) is 0 Å². The lowest BCUT2D eigenvalue weighted by Gasteiger charge is -2.03. The highest BCUT2D eigenvalue weighted by molar-refractivity contribution is 6.32. The van der Waals surface area contributed by atoms with Gasteiger partial charge in [0.25, 0.3) is 0 Å². The second kappa shape index (κ2) is 4.15. The van der Waals surface area contributed by atoms with Crippen LogP contribution in [0.3, 0.4) is 0 Å². The van der Waals surface area contributed by atoms with E-state index < -0.39 is 5.97 Å². The molecule has 0 amide bonds. The Morgan fingerprint density at radius 3 is 2.79 bits per heavy atom. The summed E-state index contributed by atoms with van der Waals surface area (Å²) in [4.78, 5) is 10.3. The van der Waals surface area contributed by atoms with Crippen LogP contribution < -0.4 is 5.73 Å². The van der Waals surface area contributed by atoms with Gasteiger partial charge >= 0.3 is 5.97 Å². The first-order valence-electron chi connectivity index (χ1n) is 3.97. The van der Waals surface area contributed by atoms with Gasteiger partial charge in [-0.1, -0.05) is 11.6 Å². The Kier molecular flexibility index (Phi) is 3.14. The molecule has 0 spiro atoms. The molecule has 1 aromatic rings. The summed E-state index contributed by atoms with van der Waals surface area (Å²) >= 11 is 5.86. The molecule has 4 heteroatoms. The van der Waals surface area contributed by atoms with Crippen molar-refractivity contribution >= 4 is 29.3 Å². The fraction of sp³-hybridized carbons (Fsp3) is 0.100. The molecule has 0 fully saturated rings. The Morgan fingerprint density at radius 2 is 2.21 bits per heavy atom.